The zero-order valence-corrected chi connectivity index (χ0v) is 17.1. The number of anilines is 1. The van der Waals surface area contributed by atoms with Crippen LogP contribution in [0.4, 0.5) is 5.69 Å². The lowest BCUT2D eigenvalue weighted by Crippen LogP contribution is -2.15. The maximum atomic E-state index is 12.3. The third-order valence-corrected chi connectivity index (χ3v) is 6.19. The van der Waals surface area contributed by atoms with Gasteiger partial charge >= 0.3 is 0 Å². The quantitative estimate of drug-likeness (QED) is 0.557. The Labute approximate surface area is 173 Å². The molecule has 1 heterocycles. The second kappa shape index (κ2) is 8.37. The zero-order chi connectivity index (χ0) is 19.5. The minimum absolute atomic E-state index is 0.112. The average Bonchev–Trinajstić information content (AvgIpc) is 3.41. The Hall–Kier alpha value is -2.31. The molecule has 2 atom stereocenters. The van der Waals surface area contributed by atoms with E-state index in [1.54, 1.807) is 12.1 Å². The van der Waals surface area contributed by atoms with Crippen LogP contribution in [0.15, 0.2) is 59.8 Å². The molecular weight excluding hydrogens is 392 g/mol. The number of hydrogen-bond acceptors (Lipinski definition) is 4. The molecule has 2 aromatic carbocycles. The Morgan fingerprint density at radius 3 is 2.64 bits per heavy atom. The molecule has 0 saturated heterocycles. The molecule has 3 aromatic rings. The molecule has 5 nitrogen and oxygen atoms in total. The van der Waals surface area contributed by atoms with E-state index in [2.05, 4.69) is 51.3 Å². The van der Waals surface area contributed by atoms with E-state index in [0.29, 0.717) is 22.5 Å². The number of aromatic nitrogens is 3. The first kappa shape index (κ1) is 19.0. The maximum absolute atomic E-state index is 12.3. The first-order valence-corrected chi connectivity index (χ1v) is 10.7. The van der Waals surface area contributed by atoms with Gasteiger partial charge in [0.05, 0.1) is 16.5 Å². The Balaban J connectivity index is 1.40. The van der Waals surface area contributed by atoms with Gasteiger partial charge in [-0.25, -0.2) is 0 Å². The Morgan fingerprint density at radius 2 is 1.89 bits per heavy atom. The summed E-state index contributed by atoms with van der Waals surface area (Å²) in [6.45, 7) is 2.87. The van der Waals surface area contributed by atoms with Gasteiger partial charge in [0.15, 0.2) is 5.16 Å². The summed E-state index contributed by atoms with van der Waals surface area (Å²) in [7, 11) is 0. The molecule has 1 amide bonds. The Bertz CT molecular complexity index is 976. The predicted molar refractivity (Wildman–Crippen MR) is 113 cm³/mol. The molecule has 1 N–H and O–H groups in total. The first-order chi connectivity index (χ1) is 13.7. The Morgan fingerprint density at radius 1 is 1.14 bits per heavy atom. The van der Waals surface area contributed by atoms with Crippen molar-refractivity contribution in [2.24, 2.45) is 0 Å². The molecule has 1 aliphatic carbocycles. The summed E-state index contributed by atoms with van der Waals surface area (Å²) in [4.78, 5) is 12.3. The van der Waals surface area contributed by atoms with E-state index in [1.807, 2.05) is 18.2 Å². The van der Waals surface area contributed by atoms with E-state index in [1.165, 1.54) is 17.3 Å². The molecule has 0 bridgehead atoms. The van der Waals surface area contributed by atoms with E-state index >= 15 is 0 Å². The van der Waals surface area contributed by atoms with Crippen LogP contribution in [0.25, 0.3) is 0 Å². The molecule has 7 heteroatoms. The fraction of sp³-hybridized carbons (Fsp3) is 0.286. The van der Waals surface area contributed by atoms with Crippen LogP contribution in [0, 0.1) is 0 Å². The lowest BCUT2D eigenvalue weighted by molar-refractivity contribution is -0.113. The maximum Gasteiger partial charge on any atom is 0.234 e. The van der Waals surface area contributed by atoms with Crippen molar-refractivity contribution in [2.45, 2.75) is 36.9 Å². The van der Waals surface area contributed by atoms with Crippen molar-refractivity contribution in [3.8, 4) is 0 Å². The Kier molecular flexibility index (Phi) is 5.69. The highest BCUT2D eigenvalue weighted by atomic mass is 35.5. The fourth-order valence-electron chi connectivity index (χ4n) is 3.41. The van der Waals surface area contributed by atoms with Crippen molar-refractivity contribution in [1.29, 1.82) is 0 Å². The summed E-state index contributed by atoms with van der Waals surface area (Å²) in [6, 6.07) is 17.8. The number of nitrogens with zero attached hydrogens (tertiary/aromatic N) is 3. The fourth-order valence-corrected chi connectivity index (χ4v) is 4.40. The third kappa shape index (κ3) is 4.08. The normalized spacial score (nSPS) is 18.1. The third-order valence-electron chi connectivity index (χ3n) is 4.89. The zero-order valence-electron chi connectivity index (χ0n) is 15.5. The van der Waals surface area contributed by atoms with Gasteiger partial charge in [0.25, 0.3) is 0 Å². The second-order valence-electron chi connectivity index (χ2n) is 6.76. The monoisotopic (exact) mass is 412 g/mol. The smallest absolute Gasteiger partial charge is 0.234 e. The minimum Gasteiger partial charge on any atom is -0.324 e. The number of rotatable bonds is 7. The molecule has 1 aliphatic rings. The van der Waals surface area contributed by atoms with Crippen LogP contribution in [0.2, 0.25) is 5.02 Å². The van der Waals surface area contributed by atoms with E-state index in [4.69, 9.17) is 11.6 Å². The van der Waals surface area contributed by atoms with Gasteiger partial charge in [0.1, 0.15) is 5.82 Å². The highest BCUT2D eigenvalue weighted by Crippen LogP contribution is 2.54. The van der Waals surface area contributed by atoms with Crippen molar-refractivity contribution in [3.05, 3.63) is 71.0 Å². The van der Waals surface area contributed by atoms with Gasteiger partial charge in [-0.3, -0.25) is 4.79 Å². The van der Waals surface area contributed by atoms with Crippen LogP contribution < -0.4 is 5.32 Å². The SMILES string of the molecule is CCn1c(SCC(=O)Nc2ccccc2Cl)nnc1C1CC1c1ccccc1. The van der Waals surface area contributed by atoms with Gasteiger partial charge in [-0.2, -0.15) is 0 Å². The molecule has 0 aliphatic heterocycles. The summed E-state index contributed by atoms with van der Waals surface area (Å²) in [5.74, 6) is 2.08. The summed E-state index contributed by atoms with van der Waals surface area (Å²) < 4.78 is 2.13. The number of thioether (sulfide) groups is 1. The van der Waals surface area contributed by atoms with Crippen molar-refractivity contribution < 1.29 is 4.79 Å². The van der Waals surface area contributed by atoms with Crippen LogP contribution in [0.1, 0.15) is 36.6 Å². The number of para-hydroxylation sites is 1. The van der Waals surface area contributed by atoms with Crippen molar-refractivity contribution in [2.75, 3.05) is 11.1 Å². The van der Waals surface area contributed by atoms with Crippen LogP contribution in [0.3, 0.4) is 0 Å². The van der Waals surface area contributed by atoms with Crippen LogP contribution >= 0.6 is 23.4 Å². The standard InChI is InChI=1S/C21H21ClN4OS/c1-2-26-20(16-12-15(16)14-8-4-3-5-9-14)24-25-21(26)28-13-19(27)23-18-11-7-6-10-17(18)22/h3-11,15-16H,2,12-13H2,1H3,(H,23,27). The summed E-state index contributed by atoms with van der Waals surface area (Å²) in [5.41, 5.74) is 1.97. The number of carbonyl (C=O) groups is 1. The van der Waals surface area contributed by atoms with E-state index in [-0.39, 0.29) is 11.7 Å². The first-order valence-electron chi connectivity index (χ1n) is 9.32. The number of hydrogen-bond donors (Lipinski definition) is 1. The number of carbonyl (C=O) groups excluding carboxylic acids is 1. The van der Waals surface area contributed by atoms with E-state index < -0.39 is 0 Å². The summed E-state index contributed by atoms with van der Waals surface area (Å²) >= 11 is 7.50. The van der Waals surface area contributed by atoms with Crippen LogP contribution in [-0.2, 0) is 11.3 Å². The highest BCUT2D eigenvalue weighted by Gasteiger charge is 2.43. The predicted octanol–water partition coefficient (Wildman–Crippen LogP) is 4.95. The van der Waals surface area contributed by atoms with Crippen molar-refractivity contribution in [1.82, 2.24) is 14.8 Å². The lowest BCUT2D eigenvalue weighted by atomic mass is 10.1. The molecule has 0 radical (unpaired) electrons. The van der Waals surface area contributed by atoms with Gasteiger partial charge in [-0.1, -0.05) is 65.8 Å². The van der Waals surface area contributed by atoms with Crippen molar-refractivity contribution in [3.63, 3.8) is 0 Å². The van der Waals surface area contributed by atoms with Gasteiger partial charge in [0.2, 0.25) is 5.91 Å². The molecule has 1 fully saturated rings. The molecule has 1 aromatic heterocycles. The summed E-state index contributed by atoms with van der Waals surface area (Å²) in [6.07, 6.45) is 1.10. The van der Waals surface area contributed by atoms with Gasteiger partial charge < -0.3 is 9.88 Å². The van der Waals surface area contributed by atoms with E-state index in [9.17, 15) is 4.79 Å². The highest BCUT2D eigenvalue weighted by molar-refractivity contribution is 7.99. The van der Waals surface area contributed by atoms with Crippen molar-refractivity contribution >= 4 is 35.0 Å². The molecule has 28 heavy (non-hydrogen) atoms. The van der Waals surface area contributed by atoms with Gasteiger partial charge in [-0.05, 0) is 37.0 Å². The number of amides is 1. The summed E-state index contributed by atoms with van der Waals surface area (Å²) in [5, 5.41) is 12.9. The average molecular weight is 413 g/mol. The topological polar surface area (TPSA) is 59.8 Å². The molecule has 4 rings (SSSR count). The largest absolute Gasteiger partial charge is 0.324 e. The second-order valence-corrected chi connectivity index (χ2v) is 8.11. The number of benzene rings is 2. The van der Waals surface area contributed by atoms with E-state index in [0.717, 1.165) is 23.9 Å². The van der Waals surface area contributed by atoms with Gasteiger partial charge in [0, 0.05) is 12.5 Å². The lowest BCUT2D eigenvalue weighted by Gasteiger charge is -2.08. The molecule has 1 saturated carbocycles. The molecule has 0 spiro atoms. The molecular formula is C21H21ClN4OS. The van der Waals surface area contributed by atoms with Crippen LogP contribution in [0.5, 0.6) is 0 Å². The molecule has 144 valence electrons. The number of halogens is 1. The van der Waals surface area contributed by atoms with Gasteiger partial charge in [-0.15, -0.1) is 10.2 Å². The number of nitrogens with one attached hydrogen (secondary N) is 1. The minimum atomic E-state index is -0.112. The molecule has 2 unspecified atom stereocenters. The van der Waals surface area contributed by atoms with Crippen LogP contribution in [-0.4, -0.2) is 26.4 Å².